The molecule has 5 heterocycles. The highest BCUT2D eigenvalue weighted by Gasteiger charge is 2.45. The van der Waals surface area contributed by atoms with Crippen LogP contribution >= 0.6 is 0 Å². The molecular weight excluding hydrogens is 439 g/mol. The number of carbonyl (C=O) groups is 1. The lowest BCUT2D eigenvalue weighted by Crippen LogP contribution is -2.59. The van der Waals surface area contributed by atoms with Crippen molar-refractivity contribution in [2.75, 3.05) is 6.54 Å². The van der Waals surface area contributed by atoms with Crippen molar-refractivity contribution in [3.8, 4) is 11.7 Å². The topological polar surface area (TPSA) is 98.9 Å². The average molecular weight is 459 g/mol. The van der Waals surface area contributed by atoms with Crippen LogP contribution in [0.25, 0.3) is 5.69 Å². The maximum atomic E-state index is 13.6. The Balaban J connectivity index is 1.39. The fourth-order valence-electron chi connectivity index (χ4n) is 4.50. The van der Waals surface area contributed by atoms with Gasteiger partial charge in [0, 0.05) is 24.6 Å². The maximum Gasteiger partial charge on any atom is 0.419 e. The zero-order chi connectivity index (χ0) is 23.2. The second-order valence-electron chi connectivity index (χ2n) is 8.25. The van der Waals surface area contributed by atoms with E-state index in [-0.39, 0.29) is 29.6 Å². The number of alkyl halides is 3. The predicted molar refractivity (Wildman–Crippen MR) is 108 cm³/mol. The summed E-state index contributed by atoms with van der Waals surface area (Å²) < 4.78 is 44.2. The van der Waals surface area contributed by atoms with Gasteiger partial charge in [-0.2, -0.15) is 23.4 Å². The summed E-state index contributed by atoms with van der Waals surface area (Å²) in [7, 11) is 0. The van der Waals surface area contributed by atoms with E-state index in [1.807, 2.05) is 0 Å². The number of carbonyl (C=O) groups excluding carboxylic acids is 1. The molecule has 12 heteroatoms. The van der Waals surface area contributed by atoms with Gasteiger partial charge < -0.3 is 9.64 Å². The molecule has 1 aliphatic carbocycles. The van der Waals surface area contributed by atoms with Crippen molar-refractivity contribution in [2.45, 2.75) is 44.5 Å². The Morgan fingerprint density at radius 3 is 2.52 bits per heavy atom. The van der Waals surface area contributed by atoms with Crippen molar-refractivity contribution in [2.24, 2.45) is 5.92 Å². The Labute approximate surface area is 186 Å². The number of aryl methyl sites for hydroxylation is 1. The predicted octanol–water partition coefficient (Wildman–Crippen LogP) is 2.85. The quantitative estimate of drug-likeness (QED) is 0.592. The van der Waals surface area contributed by atoms with Crippen molar-refractivity contribution in [3.05, 3.63) is 53.9 Å². The number of pyridine rings is 1. The van der Waals surface area contributed by atoms with E-state index in [1.165, 1.54) is 17.2 Å². The van der Waals surface area contributed by atoms with Crippen molar-refractivity contribution in [3.63, 3.8) is 0 Å². The normalized spacial score (nSPS) is 22.4. The fourth-order valence-corrected chi connectivity index (χ4v) is 4.50. The van der Waals surface area contributed by atoms with E-state index in [2.05, 4.69) is 25.1 Å². The molecular formula is C21H20F3N7O2. The SMILES string of the molecule is Cc1ccc(-n2nccn2)c(C(=O)N2CC3CCC2C(Oc2ncc(C(F)(F)F)cn2)C3)n1. The van der Waals surface area contributed by atoms with Gasteiger partial charge in [0.05, 0.1) is 24.0 Å². The molecule has 3 atom stereocenters. The molecule has 3 aromatic rings. The standard InChI is InChI=1S/C21H20F3N7O2/c1-12-2-4-16(31-27-6-7-28-31)18(29-12)19(32)30-11-13-3-5-15(30)17(8-13)33-20-25-9-14(10-26-20)21(22,23)24/h2,4,6-7,9-10,13,15,17H,3,5,8,11H2,1H3. The van der Waals surface area contributed by atoms with E-state index < -0.39 is 17.8 Å². The minimum atomic E-state index is -4.52. The van der Waals surface area contributed by atoms with Crippen LogP contribution in [0.5, 0.6) is 6.01 Å². The number of amides is 1. The monoisotopic (exact) mass is 459 g/mol. The Morgan fingerprint density at radius 1 is 1.12 bits per heavy atom. The highest BCUT2D eigenvalue weighted by molar-refractivity contribution is 5.96. The molecule has 3 unspecified atom stereocenters. The van der Waals surface area contributed by atoms with Gasteiger partial charge in [-0.25, -0.2) is 15.0 Å². The Morgan fingerprint density at radius 2 is 1.85 bits per heavy atom. The van der Waals surface area contributed by atoms with E-state index in [0.29, 0.717) is 43.2 Å². The molecule has 2 aliphatic heterocycles. The molecule has 0 spiro atoms. The first-order valence-electron chi connectivity index (χ1n) is 10.5. The third-order valence-corrected chi connectivity index (χ3v) is 6.04. The summed E-state index contributed by atoms with van der Waals surface area (Å²) in [5.41, 5.74) is 0.452. The van der Waals surface area contributed by atoms with Gasteiger partial charge in [-0.3, -0.25) is 4.79 Å². The molecule has 3 aliphatic rings. The van der Waals surface area contributed by atoms with Gasteiger partial charge in [0.2, 0.25) is 0 Å². The van der Waals surface area contributed by atoms with Crippen LogP contribution in [0.3, 0.4) is 0 Å². The Kier molecular flexibility index (Phi) is 5.22. The van der Waals surface area contributed by atoms with Crippen molar-refractivity contribution < 1.29 is 22.7 Å². The van der Waals surface area contributed by atoms with Crippen LogP contribution in [0, 0.1) is 12.8 Å². The summed E-state index contributed by atoms with van der Waals surface area (Å²) in [6, 6.07) is 3.13. The van der Waals surface area contributed by atoms with Crippen LogP contribution in [0.2, 0.25) is 0 Å². The Hall–Kier alpha value is -3.57. The number of rotatable bonds is 4. The molecule has 2 bridgehead atoms. The smallest absolute Gasteiger partial charge is 0.419 e. The number of piperidine rings is 2. The van der Waals surface area contributed by atoms with Crippen LogP contribution in [-0.4, -0.2) is 59.4 Å². The molecule has 2 saturated heterocycles. The number of nitrogens with zero attached hydrogens (tertiary/aromatic N) is 7. The summed E-state index contributed by atoms with van der Waals surface area (Å²) in [4.78, 5) is 28.6. The van der Waals surface area contributed by atoms with Crippen LogP contribution in [-0.2, 0) is 6.18 Å². The molecule has 172 valence electrons. The molecule has 9 nitrogen and oxygen atoms in total. The number of fused-ring (bicyclic) bond motifs is 3. The molecule has 1 saturated carbocycles. The Bertz CT molecular complexity index is 1150. The van der Waals surface area contributed by atoms with E-state index in [4.69, 9.17) is 4.74 Å². The van der Waals surface area contributed by atoms with Gasteiger partial charge in [0.1, 0.15) is 11.8 Å². The van der Waals surface area contributed by atoms with E-state index in [1.54, 1.807) is 24.0 Å². The number of halogens is 3. The molecule has 0 radical (unpaired) electrons. The van der Waals surface area contributed by atoms with E-state index in [0.717, 1.165) is 6.42 Å². The lowest BCUT2D eigenvalue weighted by Gasteiger charge is -2.49. The van der Waals surface area contributed by atoms with Crippen LogP contribution in [0.4, 0.5) is 13.2 Å². The number of aromatic nitrogens is 6. The number of hydrogen-bond acceptors (Lipinski definition) is 7. The lowest BCUT2D eigenvalue weighted by atomic mass is 9.77. The molecule has 0 N–H and O–H groups in total. The molecule has 0 aromatic carbocycles. The van der Waals surface area contributed by atoms with Gasteiger partial charge in [-0.05, 0) is 44.2 Å². The molecule has 3 fully saturated rings. The highest BCUT2D eigenvalue weighted by Crippen LogP contribution is 2.38. The van der Waals surface area contributed by atoms with E-state index >= 15 is 0 Å². The third-order valence-electron chi connectivity index (χ3n) is 6.04. The van der Waals surface area contributed by atoms with Gasteiger partial charge >= 0.3 is 12.2 Å². The molecule has 33 heavy (non-hydrogen) atoms. The van der Waals surface area contributed by atoms with Gasteiger partial charge in [0.25, 0.3) is 5.91 Å². The van der Waals surface area contributed by atoms with Gasteiger partial charge in [-0.1, -0.05) is 0 Å². The molecule has 1 amide bonds. The van der Waals surface area contributed by atoms with Crippen molar-refractivity contribution in [1.82, 2.24) is 34.8 Å². The summed E-state index contributed by atoms with van der Waals surface area (Å²) in [5.74, 6) is -0.0585. The zero-order valence-corrected chi connectivity index (χ0v) is 17.6. The zero-order valence-electron chi connectivity index (χ0n) is 17.6. The largest absolute Gasteiger partial charge is 0.458 e. The average Bonchev–Trinajstić information content (AvgIpc) is 3.33. The second kappa shape index (κ2) is 8.09. The maximum absolute atomic E-state index is 13.6. The number of ether oxygens (including phenoxy) is 1. The fraction of sp³-hybridized carbons (Fsp3) is 0.429. The minimum Gasteiger partial charge on any atom is -0.458 e. The van der Waals surface area contributed by atoms with Crippen molar-refractivity contribution >= 4 is 5.91 Å². The third kappa shape index (κ3) is 4.12. The first kappa shape index (κ1) is 21.3. The number of hydrogen-bond donors (Lipinski definition) is 0. The summed E-state index contributed by atoms with van der Waals surface area (Å²) in [6.45, 7) is 2.35. The van der Waals surface area contributed by atoms with E-state index in [9.17, 15) is 18.0 Å². The minimum absolute atomic E-state index is 0.136. The first-order valence-corrected chi connectivity index (χ1v) is 10.5. The first-order chi connectivity index (χ1) is 15.8. The van der Waals surface area contributed by atoms with Gasteiger partial charge in [0.15, 0.2) is 5.69 Å². The summed E-state index contributed by atoms with van der Waals surface area (Å²) in [6.07, 6.45) is 1.82. The second-order valence-corrected chi connectivity index (χ2v) is 8.25. The van der Waals surface area contributed by atoms with Crippen molar-refractivity contribution in [1.29, 1.82) is 0 Å². The van der Waals surface area contributed by atoms with Gasteiger partial charge in [-0.15, -0.1) is 4.80 Å². The molecule has 3 aromatic heterocycles. The lowest BCUT2D eigenvalue weighted by molar-refractivity contribution is -0.138. The van der Waals surface area contributed by atoms with Crippen LogP contribution < -0.4 is 4.74 Å². The van der Waals surface area contributed by atoms with Crippen LogP contribution in [0.1, 0.15) is 41.0 Å². The highest BCUT2D eigenvalue weighted by atomic mass is 19.4. The molecule has 6 rings (SSSR count). The van der Waals surface area contributed by atoms with Crippen LogP contribution in [0.15, 0.2) is 36.9 Å². The summed E-state index contributed by atoms with van der Waals surface area (Å²) in [5, 5.41) is 8.24. The summed E-state index contributed by atoms with van der Waals surface area (Å²) >= 11 is 0.